The first-order chi connectivity index (χ1) is 14.4. The van der Waals surface area contributed by atoms with E-state index in [1.165, 1.54) is 12.0 Å². The molecule has 2 aromatic carbocycles. The summed E-state index contributed by atoms with van der Waals surface area (Å²) in [5.41, 5.74) is 2.29. The smallest absolute Gasteiger partial charge is 0.295 e. The number of carbonyl (C=O) groups excluding carboxylic acids is 2. The molecule has 7 heteroatoms. The van der Waals surface area contributed by atoms with Crippen LogP contribution >= 0.6 is 15.9 Å². The van der Waals surface area contributed by atoms with Gasteiger partial charge in [0.25, 0.3) is 11.7 Å². The molecule has 156 valence electrons. The number of Topliss-reactive ketones (excluding diaryl/α,β-unsaturated/α-hetero) is 1. The fraction of sp³-hybridized carbons (Fsp3) is 0.304. The molecule has 1 N–H and O–H groups in total. The summed E-state index contributed by atoms with van der Waals surface area (Å²) < 4.78 is 11.7. The molecule has 2 aliphatic rings. The molecule has 0 unspecified atom stereocenters. The number of fused-ring (bicyclic) bond motifs is 1. The van der Waals surface area contributed by atoms with Crippen LogP contribution in [-0.4, -0.2) is 48.1 Å². The van der Waals surface area contributed by atoms with E-state index in [4.69, 9.17) is 9.47 Å². The molecule has 4 rings (SSSR count). The van der Waals surface area contributed by atoms with Crippen LogP contribution in [0.25, 0.3) is 5.76 Å². The summed E-state index contributed by atoms with van der Waals surface area (Å²) in [5, 5.41) is 11.1. The fourth-order valence-electron chi connectivity index (χ4n) is 4.05. The van der Waals surface area contributed by atoms with Crippen molar-refractivity contribution in [3.63, 3.8) is 0 Å². The van der Waals surface area contributed by atoms with Crippen LogP contribution in [0.3, 0.4) is 0 Å². The minimum Gasteiger partial charge on any atom is -0.507 e. The van der Waals surface area contributed by atoms with Crippen molar-refractivity contribution in [1.29, 1.82) is 0 Å². The van der Waals surface area contributed by atoms with Crippen LogP contribution in [0.5, 0.6) is 5.75 Å². The zero-order chi connectivity index (χ0) is 21.4. The van der Waals surface area contributed by atoms with E-state index in [2.05, 4.69) is 15.9 Å². The Morgan fingerprint density at radius 2 is 2.07 bits per heavy atom. The quantitative estimate of drug-likeness (QED) is 0.407. The molecule has 1 amide bonds. The zero-order valence-electron chi connectivity index (χ0n) is 16.7. The first-order valence-corrected chi connectivity index (χ1v) is 10.5. The Balaban J connectivity index is 1.83. The van der Waals surface area contributed by atoms with E-state index in [0.29, 0.717) is 5.56 Å². The number of nitrogens with zero attached hydrogens (tertiary/aromatic N) is 1. The average Bonchev–Trinajstić information content (AvgIpc) is 3.22. The van der Waals surface area contributed by atoms with Crippen LogP contribution in [-0.2, 0) is 20.7 Å². The minimum atomic E-state index is -0.696. The van der Waals surface area contributed by atoms with Gasteiger partial charge in [-0.1, -0.05) is 28.1 Å². The number of benzene rings is 2. The number of likely N-dealkylation sites (tertiary alicyclic amines) is 1. The number of rotatable bonds is 5. The van der Waals surface area contributed by atoms with Gasteiger partial charge in [-0.3, -0.25) is 9.59 Å². The summed E-state index contributed by atoms with van der Waals surface area (Å²) in [7, 11) is 1.54. The maximum atomic E-state index is 13.0. The van der Waals surface area contributed by atoms with Gasteiger partial charge in [0.1, 0.15) is 17.6 Å². The van der Waals surface area contributed by atoms with Gasteiger partial charge < -0.3 is 19.5 Å². The maximum Gasteiger partial charge on any atom is 0.295 e. The molecule has 0 radical (unpaired) electrons. The molecule has 2 aromatic rings. The van der Waals surface area contributed by atoms with Crippen molar-refractivity contribution in [1.82, 2.24) is 4.90 Å². The number of carbonyl (C=O) groups is 2. The largest absolute Gasteiger partial charge is 0.507 e. The highest BCUT2D eigenvalue weighted by atomic mass is 79.9. The third kappa shape index (κ3) is 3.63. The maximum absolute atomic E-state index is 13.0. The lowest BCUT2D eigenvalue weighted by molar-refractivity contribution is -0.140. The zero-order valence-corrected chi connectivity index (χ0v) is 18.3. The standard InChI is InChI=1S/C23H22BrNO5/c1-13-10-16-11-15(6-7-18(16)30-13)21(26)19-20(14-4-3-5-17(24)12-14)25(8-9-29-2)23(28)22(19)27/h3-7,11-13,20,26H,8-10H2,1-2H3/t13-,20+/m0/s1. The Labute approximate surface area is 183 Å². The molecule has 0 aromatic heterocycles. The first-order valence-electron chi connectivity index (χ1n) is 9.73. The van der Waals surface area contributed by atoms with Gasteiger partial charge in [-0.2, -0.15) is 0 Å². The summed E-state index contributed by atoms with van der Waals surface area (Å²) in [4.78, 5) is 27.2. The summed E-state index contributed by atoms with van der Waals surface area (Å²) >= 11 is 3.45. The average molecular weight is 472 g/mol. The van der Waals surface area contributed by atoms with Crippen molar-refractivity contribution in [2.75, 3.05) is 20.3 Å². The Bertz CT molecular complexity index is 1050. The second-order valence-corrected chi connectivity index (χ2v) is 8.41. The van der Waals surface area contributed by atoms with Gasteiger partial charge in [-0.15, -0.1) is 0 Å². The van der Waals surface area contributed by atoms with E-state index < -0.39 is 17.7 Å². The Kier molecular flexibility index (Phi) is 5.66. The SMILES string of the molecule is COCCN1C(=O)C(=O)C(=C(O)c2ccc3c(c2)C[C@H](C)O3)[C@H]1c1cccc(Br)c1. The normalized spacial score (nSPS) is 22.3. The minimum absolute atomic E-state index is 0.0682. The van der Waals surface area contributed by atoms with Gasteiger partial charge >= 0.3 is 0 Å². The molecular weight excluding hydrogens is 450 g/mol. The third-order valence-corrected chi connectivity index (χ3v) is 5.90. The number of ketones is 1. The van der Waals surface area contributed by atoms with E-state index in [9.17, 15) is 14.7 Å². The van der Waals surface area contributed by atoms with Crippen molar-refractivity contribution in [2.24, 2.45) is 0 Å². The van der Waals surface area contributed by atoms with Crippen LogP contribution in [0.15, 0.2) is 52.5 Å². The van der Waals surface area contributed by atoms with Gasteiger partial charge in [0.2, 0.25) is 0 Å². The van der Waals surface area contributed by atoms with Crippen molar-refractivity contribution in [3.8, 4) is 5.75 Å². The second kappa shape index (κ2) is 8.24. The molecule has 30 heavy (non-hydrogen) atoms. The van der Waals surface area contributed by atoms with Gasteiger partial charge in [0.15, 0.2) is 0 Å². The van der Waals surface area contributed by atoms with Crippen molar-refractivity contribution >= 4 is 33.4 Å². The summed E-state index contributed by atoms with van der Waals surface area (Å²) in [6.07, 6.45) is 0.798. The van der Waals surface area contributed by atoms with E-state index in [1.807, 2.05) is 37.3 Å². The molecule has 0 saturated carbocycles. The number of aliphatic hydroxyl groups is 1. The lowest BCUT2D eigenvalue weighted by Crippen LogP contribution is -2.32. The lowest BCUT2D eigenvalue weighted by Gasteiger charge is -2.25. The third-order valence-electron chi connectivity index (χ3n) is 5.41. The molecule has 1 fully saturated rings. The van der Waals surface area contributed by atoms with Crippen molar-refractivity contribution in [3.05, 3.63) is 69.2 Å². The van der Waals surface area contributed by atoms with E-state index >= 15 is 0 Å². The Morgan fingerprint density at radius 1 is 1.27 bits per heavy atom. The number of methoxy groups -OCH3 is 1. The number of halogens is 1. The fourth-order valence-corrected chi connectivity index (χ4v) is 4.47. The summed E-state index contributed by atoms with van der Waals surface area (Å²) in [6.45, 7) is 2.50. The molecule has 0 bridgehead atoms. The molecule has 6 nitrogen and oxygen atoms in total. The number of aliphatic hydroxyl groups excluding tert-OH is 1. The van der Waals surface area contributed by atoms with Gasteiger partial charge in [0, 0.05) is 30.1 Å². The summed E-state index contributed by atoms with van der Waals surface area (Å²) in [6, 6.07) is 12.0. The van der Waals surface area contributed by atoms with E-state index in [-0.39, 0.29) is 30.6 Å². The molecular formula is C23H22BrNO5. The highest BCUT2D eigenvalue weighted by Gasteiger charge is 2.46. The van der Waals surface area contributed by atoms with Gasteiger partial charge in [-0.05, 0) is 48.4 Å². The topological polar surface area (TPSA) is 76.1 Å². The van der Waals surface area contributed by atoms with E-state index in [0.717, 1.165) is 27.8 Å². The Hall–Kier alpha value is -2.64. The Morgan fingerprint density at radius 3 is 2.80 bits per heavy atom. The molecule has 1 saturated heterocycles. The number of hydrogen-bond donors (Lipinski definition) is 1. The molecule has 0 spiro atoms. The van der Waals surface area contributed by atoms with Crippen molar-refractivity contribution < 1.29 is 24.2 Å². The van der Waals surface area contributed by atoms with E-state index in [1.54, 1.807) is 12.1 Å². The van der Waals surface area contributed by atoms with Gasteiger partial charge in [-0.25, -0.2) is 0 Å². The highest BCUT2D eigenvalue weighted by Crippen LogP contribution is 2.41. The van der Waals surface area contributed by atoms with Crippen molar-refractivity contribution in [2.45, 2.75) is 25.5 Å². The second-order valence-electron chi connectivity index (χ2n) is 7.50. The monoisotopic (exact) mass is 471 g/mol. The van der Waals surface area contributed by atoms with Crippen LogP contribution in [0.4, 0.5) is 0 Å². The van der Waals surface area contributed by atoms with Gasteiger partial charge in [0.05, 0.1) is 18.2 Å². The lowest BCUT2D eigenvalue weighted by atomic mass is 9.94. The molecule has 0 aliphatic carbocycles. The predicted molar refractivity (Wildman–Crippen MR) is 115 cm³/mol. The molecule has 2 aliphatic heterocycles. The van der Waals surface area contributed by atoms with Crippen LogP contribution in [0, 0.1) is 0 Å². The molecule has 2 atom stereocenters. The molecule has 2 heterocycles. The van der Waals surface area contributed by atoms with Crippen LogP contribution < -0.4 is 4.74 Å². The van der Waals surface area contributed by atoms with Crippen LogP contribution in [0.2, 0.25) is 0 Å². The first kappa shape index (κ1) is 20.6. The number of ether oxygens (including phenoxy) is 2. The van der Waals surface area contributed by atoms with Crippen LogP contribution in [0.1, 0.15) is 29.7 Å². The summed E-state index contributed by atoms with van der Waals surface area (Å²) in [5.74, 6) is -0.737. The number of hydrogen-bond acceptors (Lipinski definition) is 5. The number of amides is 1. The predicted octanol–water partition coefficient (Wildman–Crippen LogP) is 3.84. The highest BCUT2D eigenvalue weighted by molar-refractivity contribution is 9.10.